The Morgan fingerprint density at radius 3 is 2.84 bits per heavy atom. The van der Waals surface area contributed by atoms with Crippen LogP contribution in [0.15, 0.2) is 10.9 Å². The van der Waals surface area contributed by atoms with E-state index in [0.717, 1.165) is 25.1 Å². The summed E-state index contributed by atoms with van der Waals surface area (Å²) in [6.07, 6.45) is 4.27. The summed E-state index contributed by atoms with van der Waals surface area (Å²) in [5.74, 6) is 1.45. The summed E-state index contributed by atoms with van der Waals surface area (Å²) in [4.78, 5) is 4.35. The molecule has 0 amide bonds. The van der Waals surface area contributed by atoms with E-state index in [9.17, 15) is 8.42 Å². The van der Waals surface area contributed by atoms with Gasteiger partial charge in [0.05, 0.1) is 22.7 Å². The van der Waals surface area contributed by atoms with Gasteiger partial charge in [0, 0.05) is 11.4 Å². The number of sulfone groups is 1. The highest BCUT2D eigenvalue weighted by Crippen LogP contribution is 2.29. The molecule has 2 atom stereocenters. The normalized spacial score (nSPS) is 27.5. The molecule has 3 rings (SSSR count). The second-order valence-corrected chi connectivity index (χ2v) is 8.74. The molecule has 1 saturated heterocycles. The number of rotatable bonds is 6. The van der Waals surface area contributed by atoms with E-state index in [-0.39, 0.29) is 0 Å². The van der Waals surface area contributed by atoms with Crippen LogP contribution in [0, 0.1) is 11.8 Å². The smallest absolute Gasteiger partial charge is 0.150 e. The van der Waals surface area contributed by atoms with E-state index in [0.29, 0.717) is 29.4 Å². The van der Waals surface area contributed by atoms with Gasteiger partial charge in [-0.2, -0.15) is 0 Å². The Hall–Kier alpha value is -0.460. The van der Waals surface area contributed by atoms with Gasteiger partial charge in [-0.25, -0.2) is 13.4 Å². The maximum Gasteiger partial charge on any atom is 0.150 e. The average molecular weight is 300 g/mol. The van der Waals surface area contributed by atoms with Crippen LogP contribution in [0.5, 0.6) is 0 Å². The second kappa shape index (κ2) is 5.50. The lowest BCUT2D eigenvalue weighted by molar-refractivity contribution is 0.340. The van der Waals surface area contributed by atoms with Crippen LogP contribution < -0.4 is 5.32 Å². The summed E-state index contributed by atoms with van der Waals surface area (Å²) >= 11 is 1.61. The highest BCUT2D eigenvalue weighted by atomic mass is 32.2. The Balaban J connectivity index is 1.64. The zero-order valence-corrected chi connectivity index (χ0v) is 12.5. The zero-order valence-electron chi connectivity index (χ0n) is 10.9. The maximum absolute atomic E-state index is 11.7. The van der Waals surface area contributed by atoms with Crippen molar-refractivity contribution < 1.29 is 8.42 Å². The van der Waals surface area contributed by atoms with Crippen molar-refractivity contribution in [1.82, 2.24) is 10.3 Å². The van der Waals surface area contributed by atoms with Crippen molar-refractivity contribution >= 4 is 21.2 Å². The van der Waals surface area contributed by atoms with Crippen LogP contribution in [0.2, 0.25) is 0 Å². The minimum atomic E-state index is -2.79. The molecule has 0 aromatic carbocycles. The molecule has 4 nitrogen and oxygen atoms in total. The predicted molar refractivity (Wildman–Crippen MR) is 77.1 cm³/mol. The SMILES string of the molecule is O=S1(=O)CCC(C(CNC2CC2)Cc2cscn2)C1. The quantitative estimate of drug-likeness (QED) is 0.865. The number of hydrogen-bond acceptors (Lipinski definition) is 5. The van der Waals surface area contributed by atoms with Crippen molar-refractivity contribution in [3.8, 4) is 0 Å². The predicted octanol–water partition coefficient (Wildman–Crippen LogP) is 1.49. The molecule has 1 aliphatic heterocycles. The van der Waals surface area contributed by atoms with Crippen molar-refractivity contribution in [1.29, 1.82) is 0 Å². The van der Waals surface area contributed by atoms with E-state index >= 15 is 0 Å². The van der Waals surface area contributed by atoms with Gasteiger partial charge >= 0.3 is 0 Å². The molecule has 1 aliphatic carbocycles. The Morgan fingerprint density at radius 2 is 2.26 bits per heavy atom. The van der Waals surface area contributed by atoms with Crippen LogP contribution in [-0.4, -0.2) is 37.5 Å². The van der Waals surface area contributed by atoms with Crippen molar-refractivity contribution in [3.63, 3.8) is 0 Å². The molecule has 2 aliphatic rings. The Labute approximate surface area is 118 Å². The third-order valence-electron chi connectivity index (χ3n) is 4.14. The van der Waals surface area contributed by atoms with Gasteiger partial charge < -0.3 is 5.32 Å². The van der Waals surface area contributed by atoms with Crippen molar-refractivity contribution in [3.05, 3.63) is 16.6 Å². The zero-order chi connectivity index (χ0) is 13.3. The van der Waals surface area contributed by atoms with Crippen LogP contribution in [0.3, 0.4) is 0 Å². The Bertz CT molecular complexity index is 509. The molecule has 2 heterocycles. The van der Waals surface area contributed by atoms with Gasteiger partial charge in [0.15, 0.2) is 9.84 Å². The lowest BCUT2D eigenvalue weighted by Gasteiger charge is -2.22. The first kappa shape index (κ1) is 13.5. The van der Waals surface area contributed by atoms with Gasteiger partial charge in [0.1, 0.15) is 0 Å². The third-order valence-corrected chi connectivity index (χ3v) is 6.56. The molecule has 0 spiro atoms. The van der Waals surface area contributed by atoms with E-state index in [2.05, 4.69) is 15.7 Å². The molecule has 19 heavy (non-hydrogen) atoms. The van der Waals surface area contributed by atoms with Crippen LogP contribution >= 0.6 is 11.3 Å². The standard InChI is InChI=1S/C13H20N2O2S2/c16-19(17)4-3-10(8-19)11(6-14-12-1-2-12)5-13-7-18-9-15-13/h7,9-12,14H,1-6,8H2. The highest BCUT2D eigenvalue weighted by Gasteiger charge is 2.34. The van der Waals surface area contributed by atoms with Gasteiger partial charge in [-0.05, 0) is 44.1 Å². The van der Waals surface area contributed by atoms with Crippen molar-refractivity contribution in [2.75, 3.05) is 18.1 Å². The lowest BCUT2D eigenvalue weighted by atomic mass is 9.88. The maximum atomic E-state index is 11.7. The Kier molecular flexibility index (Phi) is 3.91. The fraction of sp³-hybridized carbons (Fsp3) is 0.769. The van der Waals surface area contributed by atoms with Gasteiger partial charge in [-0.1, -0.05) is 0 Å². The topological polar surface area (TPSA) is 59.1 Å². The van der Waals surface area contributed by atoms with E-state index in [1.54, 1.807) is 11.3 Å². The van der Waals surface area contributed by atoms with Gasteiger partial charge in [0.2, 0.25) is 0 Å². The van der Waals surface area contributed by atoms with Crippen LogP contribution in [0.4, 0.5) is 0 Å². The number of aromatic nitrogens is 1. The number of nitrogens with one attached hydrogen (secondary N) is 1. The van der Waals surface area contributed by atoms with Crippen LogP contribution in [0.25, 0.3) is 0 Å². The highest BCUT2D eigenvalue weighted by molar-refractivity contribution is 7.91. The molecule has 0 bridgehead atoms. The summed E-state index contributed by atoms with van der Waals surface area (Å²) in [5.41, 5.74) is 2.96. The minimum absolute atomic E-state index is 0.304. The number of hydrogen-bond donors (Lipinski definition) is 1. The molecule has 1 saturated carbocycles. The Morgan fingerprint density at radius 1 is 1.42 bits per heavy atom. The first-order valence-electron chi connectivity index (χ1n) is 6.93. The fourth-order valence-corrected chi connectivity index (χ4v) is 5.30. The average Bonchev–Trinajstić information content (AvgIpc) is 2.91. The molecule has 6 heteroatoms. The molecule has 0 radical (unpaired) electrons. The molecule has 1 aromatic heterocycles. The van der Waals surface area contributed by atoms with Crippen molar-refractivity contribution in [2.24, 2.45) is 11.8 Å². The largest absolute Gasteiger partial charge is 0.314 e. The molecular weight excluding hydrogens is 280 g/mol. The van der Waals surface area contributed by atoms with Gasteiger partial charge in [0.25, 0.3) is 0 Å². The van der Waals surface area contributed by atoms with E-state index < -0.39 is 9.84 Å². The fourth-order valence-electron chi connectivity index (χ4n) is 2.81. The van der Waals surface area contributed by atoms with Gasteiger partial charge in [-0.3, -0.25) is 0 Å². The van der Waals surface area contributed by atoms with E-state index in [1.165, 1.54) is 12.8 Å². The summed E-state index contributed by atoms with van der Waals surface area (Å²) < 4.78 is 23.3. The van der Waals surface area contributed by atoms with Crippen molar-refractivity contribution in [2.45, 2.75) is 31.7 Å². The first-order chi connectivity index (χ1) is 9.12. The molecule has 2 unspecified atom stereocenters. The summed E-state index contributed by atoms with van der Waals surface area (Å²) in [5, 5.41) is 5.63. The minimum Gasteiger partial charge on any atom is -0.314 e. The van der Waals surface area contributed by atoms with E-state index in [4.69, 9.17) is 0 Å². The molecule has 106 valence electrons. The monoisotopic (exact) mass is 300 g/mol. The summed E-state index contributed by atoms with van der Waals surface area (Å²) in [7, 11) is -2.79. The number of nitrogens with zero attached hydrogens (tertiary/aromatic N) is 1. The third kappa shape index (κ3) is 3.77. The van der Waals surface area contributed by atoms with E-state index in [1.807, 2.05) is 5.51 Å². The molecular formula is C13H20N2O2S2. The van der Waals surface area contributed by atoms with Gasteiger partial charge in [-0.15, -0.1) is 11.3 Å². The van der Waals surface area contributed by atoms with Crippen LogP contribution in [-0.2, 0) is 16.3 Å². The summed E-state index contributed by atoms with van der Waals surface area (Å²) in [6.45, 7) is 0.933. The molecule has 1 N–H and O–H groups in total. The lowest BCUT2D eigenvalue weighted by Crippen LogP contribution is -2.31. The summed E-state index contributed by atoms with van der Waals surface area (Å²) in [6, 6.07) is 0.677. The second-order valence-electron chi connectivity index (χ2n) is 5.79. The number of thiazole rings is 1. The molecule has 2 fully saturated rings. The molecule has 1 aromatic rings. The van der Waals surface area contributed by atoms with Crippen LogP contribution in [0.1, 0.15) is 25.0 Å². The first-order valence-corrected chi connectivity index (χ1v) is 9.70.